The van der Waals surface area contributed by atoms with Gasteiger partial charge in [0, 0.05) is 13.0 Å². The van der Waals surface area contributed by atoms with Gasteiger partial charge in [-0.05, 0) is 37.5 Å². The zero-order valence-corrected chi connectivity index (χ0v) is 12.2. The number of Topliss-reactive ketones (excluding diaryl/α,β-unsaturated/α-hetero) is 1. The maximum Gasteiger partial charge on any atom is 0.189 e. The molecule has 0 fully saturated rings. The second kappa shape index (κ2) is 5.96. The lowest BCUT2D eigenvalue weighted by molar-refractivity contribution is 0.0987. The van der Waals surface area contributed by atoms with E-state index in [1.54, 1.807) is 10.9 Å². The Bertz CT molecular complexity index is 608. The van der Waals surface area contributed by atoms with Gasteiger partial charge in [-0.2, -0.15) is 0 Å². The van der Waals surface area contributed by atoms with Crippen LogP contribution in [-0.2, 0) is 13.0 Å². The van der Waals surface area contributed by atoms with Crippen molar-refractivity contribution in [2.24, 2.45) is 5.73 Å². The molecule has 2 aromatic rings. The van der Waals surface area contributed by atoms with Crippen LogP contribution in [0.3, 0.4) is 0 Å². The van der Waals surface area contributed by atoms with Gasteiger partial charge in [-0.15, -0.1) is 5.10 Å². The molecule has 0 saturated carbocycles. The molecule has 2 N–H and O–H groups in total. The van der Waals surface area contributed by atoms with E-state index in [-0.39, 0.29) is 5.78 Å². The lowest BCUT2D eigenvalue weighted by Crippen LogP contribution is -2.10. The van der Waals surface area contributed by atoms with Gasteiger partial charge in [0.2, 0.25) is 0 Å². The van der Waals surface area contributed by atoms with Gasteiger partial charge in [0.1, 0.15) is 5.69 Å². The number of benzene rings is 1. The van der Waals surface area contributed by atoms with Crippen molar-refractivity contribution in [2.45, 2.75) is 33.7 Å². The lowest BCUT2D eigenvalue weighted by Gasteiger charge is -2.09. The molecule has 0 saturated heterocycles. The highest BCUT2D eigenvalue weighted by Gasteiger charge is 2.14. The number of hydrogen-bond donors (Lipinski definition) is 1. The zero-order valence-electron chi connectivity index (χ0n) is 12.2. The Balaban J connectivity index is 2.19. The smallest absolute Gasteiger partial charge is 0.189 e. The predicted molar refractivity (Wildman–Crippen MR) is 77.8 cm³/mol. The zero-order chi connectivity index (χ0) is 14.7. The highest BCUT2D eigenvalue weighted by atomic mass is 16.1. The standard InChI is InChI=1S/C15H20N4O/c1-10-6-11(2)13(12(3)7-10)8-15(20)14-9-19(5-4-16)18-17-14/h6-7,9H,4-5,8,16H2,1-3H3. The molecule has 2 rings (SSSR count). The Morgan fingerprint density at radius 2 is 1.90 bits per heavy atom. The summed E-state index contributed by atoms with van der Waals surface area (Å²) in [6.45, 7) is 7.18. The van der Waals surface area contributed by atoms with Crippen LogP contribution < -0.4 is 5.73 Å². The molecule has 5 heteroatoms. The third-order valence-electron chi connectivity index (χ3n) is 3.36. The van der Waals surface area contributed by atoms with E-state index in [1.807, 2.05) is 13.8 Å². The van der Waals surface area contributed by atoms with Crippen molar-refractivity contribution < 1.29 is 4.79 Å². The molecule has 0 aliphatic carbocycles. The predicted octanol–water partition coefficient (Wildman–Crippen LogP) is 1.59. The first kappa shape index (κ1) is 14.4. The highest BCUT2D eigenvalue weighted by molar-refractivity contribution is 5.95. The van der Waals surface area contributed by atoms with Gasteiger partial charge in [-0.1, -0.05) is 22.9 Å². The summed E-state index contributed by atoms with van der Waals surface area (Å²) in [7, 11) is 0. The number of carbonyl (C=O) groups is 1. The lowest BCUT2D eigenvalue weighted by atomic mass is 9.95. The Labute approximate surface area is 118 Å². The number of carbonyl (C=O) groups excluding carboxylic acids is 1. The average molecular weight is 272 g/mol. The van der Waals surface area contributed by atoms with Gasteiger partial charge in [0.25, 0.3) is 0 Å². The number of aromatic nitrogens is 3. The fourth-order valence-electron chi connectivity index (χ4n) is 2.41. The quantitative estimate of drug-likeness (QED) is 0.839. The molecular weight excluding hydrogens is 252 g/mol. The Hall–Kier alpha value is -2.01. The first-order valence-corrected chi connectivity index (χ1v) is 6.71. The van der Waals surface area contributed by atoms with Crippen LogP contribution in [0.1, 0.15) is 32.7 Å². The van der Waals surface area contributed by atoms with E-state index in [2.05, 4.69) is 29.4 Å². The number of ketones is 1. The molecule has 0 amide bonds. The summed E-state index contributed by atoms with van der Waals surface area (Å²) in [6, 6.07) is 4.20. The Morgan fingerprint density at radius 3 is 2.50 bits per heavy atom. The van der Waals surface area contributed by atoms with Gasteiger partial charge < -0.3 is 5.73 Å². The van der Waals surface area contributed by atoms with Crippen LogP contribution in [0.2, 0.25) is 0 Å². The summed E-state index contributed by atoms with van der Waals surface area (Å²) in [6.07, 6.45) is 2.02. The molecular formula is C15H20N4O. The van der Waals surface area contributed by atoms with E-state index < -0.39 is 0 Å². The van der Waals surface area contributed by atoms with E-state index in [9.17, 15) is 4.79 Å². The Morgan fingerprint density at radius 1 is 1.25 bits per heavy atom. The summed E-state index contributed by atoms with van der Waals surface area (Å²) >= 11 is 0. The molecule has 0 unspecified atom stereocenters. The summed E-state index contributed by atoms with van der Waals surface area (Å²) in [5, 5.41) is 7.81. The van der Waals surface area contributed by atoms with E-state index in [0.29, 0.717) is 25.2 Å². The van der Waals surface area contributed by atoms with Crippen molar-refractivity contribution in [3.8, 4) is 0 Å². The fourth-order valence-corrected chi connectivity index (χ4v) is 2.41. The summed E-state index contributed by atoms with van der Waals surface area (Å²) in [4.78, 5) is 12.3. The van der Waals surface area contributed by atoms with E-state index in [0.717, 1.165) is 16.7 Å². The van der Waals surface area contributed by atoms with Crippen LogP contribution in [0.25, 0.3) is 0 Å². The number of aryl methyl sites for hydroxylation is 3. The molecule has 1 aromatic heterocycles. The first-order chi connectivity index (χ1) is 9.51. The van der Waals surface area contributed by atoms with Crippen LogP contribution in [-0.4, -0.2) is 27.3 Å². The van der Waals surface area contributed by atoms with Gasteiger partial charge in [-0.25, -0.2) is 0 Å². The molecule has 0 atom stereocenters. The minimum absolute atomic E-state index is 0.0108. The largest absolute Gasteiger partial charge is 0.329 e. The van der Waals surface area contributed by atoms with Crippen molar-refractivity contribution in [3.05, 3.63) is 46.3 Å². The normalized spacial score (nSPS) is 10.8. The minimum atomic E-state index is -0.0108. The second-order valence-corrected chi connectivity index (χ2v) is 5.13. The third kappa shape index (κ3) is 3.11. The van der Waals surface area contributed by atoms with Crippen molar-refractivity contribution >= 4 is 5.78 Å². The Kier molecular flexibility index (Phi) is 4.29. The van der Waals surface area contributed by atoms with Crippen LogP contribution >= 0.6 is 0 Å². The van der Waals surface area contributed by atoms with E-state index in [4.69, 9.17) is 5.73 Å². The third-order valence-corrected chi connectivity index (χ3v) is 3.36. The van der Waals surface area contributed by atoms with Crippen LogP contribution in [0, 0.1) is 20.8 Å². The highest BCUT2D eigenvalue weighted by Crippen LogP contribution is 2.18. The summed E-state index contributed by atoms with van der Waals surface area (Å²) in [5.41, 5.74) is 10.4. The maximum absolute atomic E-state index is 12.3. The fraction of sp³-hybridized carbons (Fsp3) is 0.400. The molecule has 0 radical (unpaired) electrons. The molecule has 0 aliphatic rings. The topological polar surface area (TPSA) is 73.8 Å². The van der Waals surface area contributed by atoms with E-state index in [1.165, 1.54) is 5.56 Å². The summed E-state index contributed by atoms with van der Waals surface area (Å²) in [5.74, 6) is -0.0108. The van der Waals surface area contributed by atoms with Crippen molar-refractivity contribution in [2.75, 3.05) is 6.54 Å². The molecule has 0 spiro atoms. The van der Waals surface area contributed by atoms with Gasteiger partial charge in [0.05, 0.1) is 12.7 Å². The number of nitrogens with two attached hydrogens (primary N) is 1. The minimum Gasteiger partial charge on any atom is -0.329 e. The monoisotopic (exact) mass is 272 g/mol. The van der Waals surface area contributed by atoms with Crippen molar-refractivity contribution in [3.63, 3.8) is 0 Å². The average Bonchev–Trinajstić information content (AvgIpc) is 2.82. The SMILES string of the molecule is Cc1cc(C)c(CC(=O)c2cn(CCN)nn2)c(C)c1. The van der Waals surface area contributed by atoms with Gasteiger partial charge >= 0.3 is 0 Å². The molecule has 0 aliphatic heterocycles. The van der Waals surface area contributed by atoms with Gasteiger partial charge in [-0.3, -0.25) is 9.48 Å². The number of rotatable bonds is 5. The molecule has 106 valence electrons. The first-order valence-electron chi connectivity index (χ1n) is 6.71. The number of nitrogens with zero attached hydrogens (tertiary/aromatic N) is 3. The molecule has 1 heterocycles. The van der Waals surface area contributed by atoms with Gasteiger partial charge in [0.15, 0.2) is 5.78 Å². The summed E-state index contributed by atoms with van der Waals surface area (Å²) < 4.78 is 1.60. The second-order valence-electron chi connectivity index (χ2n) is 5.13. The van der Waals surface area contributed by atoms with Crippen LogP contribution in [0.4, 0.5) is 0 Å². The van der Waals surface area contributed by atoms with Crippen LogP contribution in [0.15, 0.2) is 18.3 Å². The molecule has 0 bridgehead atoms. The van der Waals surface area contributed by atoms with Crippen LogP contribution in [0.5, 0.6) is 0 Å². The molecule has 5 nitrogen and oxygen atoms in total. The molecule has 1 aromatic carbocycles. The molecule has 20 heavy (non-hydrogen) atoms. The van der Waals surface area contributed by atoms with Crippen molar-refractivity contribution in [1.82, 2.24) is 15.0 Å². The van der Waals surface area contributed by atoms with E-state index >= 15 is 0 Å². The number of hydrogen-bond acceptors (Lipinski definition) is 4. The van der Waals surface area contributed by atoms with Crippen molar-refractivity contribution in [1.29, 1.82) is 0 Å². The maximum atomic E-state index is 12.3.